The highest BCUT2D eigenvalue weighted by atomic mass is 16.5. The minimum absolute atomic E-state index is 0.146. The molecule has 5 heteroatoms. The lowest BCUT2D eigenvalue weighted by Gasteiger charge is -2.12. The van der Waals surface area contributed by atoms with Crippen molar-refractivity contribution in [3.63, 3.8) is 0 Å². The lowest BCUT2D eigenvalue weighted by molar-refractivity contribution is -0.141. The molecule has 0 saturated carbocycles. The first kappa shape index (κ1) is 15.1. The molecular weight excluding hydrogens is 270 g/mol. The van der Waals surface area contributed by atoms with E-state index in [0.717, 1.165) is 11.3 Å². The predicted octanol–water partition coefficient (Wildman–Crippen LogP) is 2.03. The first-order valence-electron chi connectivity index (χ1n) is 7.03. The molecule has 21 heavy (non-hydrogen) atoms. The zero-order chi connectivity index (χ0) is 15.2. The van der Waals surface area contributed by atoms with Crippen LogP contribution in [0, 0.1) is 5.92 Å². The number of aliphatic carboxylic acids is 1. The number of hydrogen-bond donors (Lipinski definition) is 1. The van der Waals surface area contributed by atoms with Crippen molar-refractivity contribution in [3.8, 4) is 5.75 Å². The van der Waals surface area contributed by atoms with E-state index in [-0.39, 0.29) is 5.91 Å². The second-order valence-corrected chi connectivity index (χ2v) is 4.94. The Morgan fingerprint density at radius 3 is 2.67 bits per heavy atom. The number of carboxylic acids is 1. The maximum absolute atomic E-state index is 12.0. The Morgan fingerprint density at radius 2 is 2.10 bits per heavy atom. The van der Waals surface area contributed by atoms with Gasteiger partial charge in [-0.1, -0.05) is 12.1 Å². The molecule has 0 aromatic heterocycles. The van der Waals surface area contributed by atoms with Crippen LogP contribution >= 0.6 is 0 Å². The molecule has 0 spiro atoms. The lowest BCUT2D eigenvalue weighted by Crippen LogP contribution is -2.28. The normalized spacial score (nSPS) is 18.1. The van der Waals surface area contributed by atoms with Crippen LogP contribution in [0.5, 0.6) is 5.75 Å². The molecule has 1 atom stereocenters. The molecule has 1 saturated heterocycles. The summed E-state index contributed by atoms with van der Waals surface area (Å²) in [6.45, 7) is 3.34. The smallest absolute Gasteiger partial charge is 0.308 e. The average Bonchev–Trinajstić information content (AvgIpc) is 2.97. The molecule has 1 aliphatic rings. The maximum Gasteiger partial charge on any atom is 0.308 e. The second kappa shape index (κ2) is 6.92. The van der Waals surface area contributed by atoms with E-state index in [4.69, 9.17) is 9.84 Å². The van der Waals surface area contributed by atoms with Crippen LogP contribution in [0.2, 0.25) is 0 Å². The van der Waals surface area contributed by atoms with Crippen LogP contribution in [0.25, 0.3) is 6.08 Å². The molecule has 0 radical (unpaired) electrons. The summed E-state index contributed by atoms with van der Waals surface area (Å²) in [5, 5.41) is 8.92. The molecule has 1 aromatic rings. The number of carboxylic acid groups (broad SMARTS) is 1. The monoisotopic (exact) mass is 289 g/mol. The van der Waals surface area contributed by atoms with Gasteiger partial charge in [0.05, 0.1) is 12.5 Å². The van der Waals surface area contributed by atoms with E-state index in [9.17, 15) is 9.59 Å². The Hall–Kier alpha value is -2.30. The zero-order valence-electron chi connectivity index (χ0n) is 12.0. The predicted molar refractivity (Wildman–Crippen MR) is 79.0 cm³/mol. The number of likely N-dealkylation sites (tertiary alicyclic amines) is 1. The van der Waals surface area contributed by atoms with Crippen molar-refractivity contribution in [1.29, 1.82) is 0 Å². The SMILES string of the molecule is CCOc1ccc(C=CC(=O)N2CCC(C(=O)O)C2)cc1. The van der Waals surface area contributed by atoms with Gasteiger partial charge in [-0.2, -0.15) is 0 Å². The lowest BCUT2D eigenvalue weighted by atomic mass is 10.1. The molecular formula is C16H19NO4. The fourth-order valence-electron chi connectivity index (χ4n) is 2.28. The molecule has 112 valence electrons. The van der Waals surface area contributed by atoms with Gasteiger partial charge in [-0.25, -0.2) is 0 Å². The minimum Gasteiger partial charge on any atom is -0.494 e. The van der Waals surface area contributed by atoms with Gasteiger partial charge < -0.3 is 14.7 Å². The van der Waals surface area contributed by atoms with E-state index in [1.807, 2.05) is 31.2 Å². The minimum atomic E-state index is -0.833. The molecule has 1 aromatic carbocycles. The Morgan fingerprint density at radius 1 is 1.38 bits per heavy atom. The third kappa shape index (κ3) is 4.08. The van der Waals surface area contributed by atoms with Crippen molar-refractivity contribution in [2.75, 3.05) is 19.7 Å². The summed E-state index contributed by atoms with van der Waals surface area (Å²) in [4.78, 5) is 24.4. The summed E-state index contributed by atoms with van der Waals surface area (Å²) in [6.07, 6.45) is 3.74. The number of carbonyl (C=O) groups is 2. The molecule has 1 amide bonds. The Labute approximate surface area is 123 Å². The summed E-state index contributed by atoms with van der Waals surface area (Å²) in [6, 6.07) is 7.45. The van der Waals surface area contributed by atoms with E-state index >= 15 is 0 Å². The van der Waals surface area contributed by atoms with Gasteiger partial charge in [-0.05, 0) is 37.1 Å². The van der Waals surface area contributed by atoms with Crippen LogP contribution in [-0.2, 0) is 9.59 Å². The summed E-state index contributed by atoms with van der Waals surface area (Å²) in [5.41, 5.74) is 0.904. The number of nitrogens with zero attached hydrogens (tertiary/aromatic N) is 1. The van der Waals surface area contributed by atoms with E-state index < -0.39 is 11.9 Å². The second-order valence-electron chi connectivity index (χ2n) is 4.94. The van der Waals surface area contributed by atoms with Gasteiger partial charge in [0.2, 0.25) is 5.91 Å². The molecule has 0 aliphatic carbocycles. The third-order valence-electron chi connectivity index (χ3n) is 3.46. The molecule has 1 fully saturated rings. The van der Waals surface area contributed by atoms with Gasteiger partial charge >= 0.3 is 5.97 Å². The maximum atomic E-state index is 12.0. The number of carbonyl (C=O) groups excluding carboxylic acids is 1. The molecule has 1 N–H and O–H groups in total. The molecule has 2 rings (SSSR count). The van der Waals surface area contributed by atoms with Crippen molar-refractivity contribution < 1.29 is 19.4 Å². The van der Waals surface area contributed by atoms with Crippen molar-refractivity contribution in [2.45, 2.75) is 13.3 Å². The summed E-state index contributed by atoms with van der Waals surface area (Å²) in [5.74, 6) is -0.619. The van der Waals surface area contributed by atoms with Crippen LogP contribution in [0.1, 0.15) is 18.9 Å². The number of ether oxygens (including phenoxy) is 1. The summed E-state index contributed by atoms with van der Waals surface area (Å²) >= 11 is 0. The van der Waals surface area contributed by atoms with Gasteiger partial charge in [0.15, 0.2) is 0 Å². The number of rotatable bonds is 5. The highest BCUT2D eigenvalue weighted by molar-refractivity contribution is 5.92. The molecule has 1 heterocycles. The Bertz CT molecular complexity index is 536. The standard InChI is InChI=1S/C16H19NO4/c1-2-21-14-6-3-12(4-7-14)5-8-15(18)17-10-9-13(11-17)16(19)20/h3-8,13H,2,9-11H2,1H3,(H,19,20). The zero-order valence-corrected chi connectivity index (χ0v) is 12.0. The topological polar surface area (TPSA) is 66.8 Å². The summed E-state index contributed by atoms with van der Waals surface area (Å²) in [7, 11) is 0. The fraction of sp³-hybridized carbons (Fsp3) is 0.375. The van der Waals surface area contributed by atoms with Crippen LogP contribution < -0.4 is 4.74 Å². The van der Waals surface area contributed by atoms with E-state index in [1.54, 1.807) is 11.0 Å². The highest BCUT2D eigenvalue weighted by Gasteiger charge is 2.29. The Balaban J connectivity index is 1.91. The molecule has 1 unspecified atom stereocenters. The van der Waals surface area contributed by atoms with Gasteiger partial charge in [0.25, 0.3) is 0 Å². The molecule has 1 aliphatic heterocycles. The number of hydrogen-bond acceptors (Lipinski definition) is 3. The quantitative estimate of drug-likeness (QED) is 0.842. The van der Waals surface area contributed by atoms with Crippen LogP contribution in [0.15, 0.2) is 30.3 Å². The van der Waals surface area contributed by atoms with E-state index in [0.29, 0.717) is 26.1 Å². The first-order chi connectivity index (χ1) is 10.1. The van der Waals surface area contributed by atoms with E-state index in [2.05, 4.69) is 0 Å². The van der Waals surface area contributed by atoms with Crippen LogP contribution in [0.3, 0.4) is 0 Å². The average molecular weight is 289 g/mol. The molecule has 5 nitrogen and oxygen atoms in total. The van der Waals surface area contributed by atoms with Gasteiger partial charge in [-0.15, -0.1) is 0 Å². The first-order valence-corrected chi connectivity index (χ1v) is 7.03. The largest absolute Gasteiger partial charge is 0.494 e. The fourth-order valence-corrected chi connectivity index (χ4v) is 2.28. The number of benzene rings is 1. The van der Waals surface area contributed by atoms with Gasteiger partial charge in [-0.3, -0.25) is 9.59 Å². The highest BCUT2D eigenvalue weighted by Crippen LogP contribution is 2.17. The van der Waals surface area contributed by atoms with Crippen molar-refractivity contribution >= 4 is 18.0 Å². The van der Waals surface area contributed by atoms with Crippen molar-refractivity contribution in [2.24, 2.45) is 5.92 Å². The Kier molecular flexibility index (Phi) is 4.98. The van der Waals surface area contributed by atoms with Crippen molar-refractivity contribution in [1.82, 2.24) is 4.90 Å². The molecule has 0 bridgehead atoms. The third-order valence-corrected chi connectivity index (χ3v) is 3.46. The van der Waals surface area contributed by atoms with Crippen LogP contribution in [-0.4, -0.2) is 41.6 Å². The van der Waals surface area contributed by atoms with E-state index in [1.165, 1.54) is 6.08 Å². The summed E-state index contributed by atoms with van der Waals surface area (Å²) < 4.78 is 5.35. The van der Waals surface area contributed by atoms with Crippen LogP contribution in [0.4, 0.5) is 0 Å². The number of amides is 1. The van der Waals surface area contributed by atoms with Gasteiger partial charge in [0.1, 0.15) is 5.75 Å². The van der Waals surface area contributed by atoms with Crippen molar-refractivity contribution in [3.05, 3.63) is 35.9 Å². The van der Waals surface area contributed by atoms with Gasteiger partial charge in [0, 0.05) is 19.2 Å².